The highest BCUT2D eigenvalue weighted by Gasteiger charge is 2.23. The molecule has 31 heavy (non-hydrogen) atoms. The standard InChI is InChI=1S/C21H21Cl2N5O3/c1-11(29)27-20-18-13(4-5-24-20)14(10-26-18)19(30)17-15(22)8-12(9-16(17)23)21(31)25-6-7-28(2)3/h4-5,8-10,26H,6-7H2,1-3H3,(H,25,31)(H,24,27,29). The number of carbonyl (C=O) groups is 3. The molecule has 0 aliphatic carbocycles. The third-order valence-electron chi connectivity index (χ3n) is 4.52. The van der Waals surface area contributed by atoms with E-state index in [1.165, 1.54) is 31.5 Å². The molecule has 0 saturated carbocycles. The average Bonchev–Trinajstić information content (AvgIpc) is 3.11. The number of hydrogen-bond donors (Lipinski definition) is 3. The Labute approximate surface area is 188 Å². The number of anilines is 1. The first kappa shape index (κ1) is 22.7. The summed E-state index contributed by atoms with van der Waals surface area (Å²) in [5, 5.41) is 6.09. The van der Waals surface area contributed by atoms with Gasteiger partial charge >= 0.3 is 0 Å². The van der Waals surface area contributed by atoms with E-state index in [9.17, 15) is 14.4 Å². The average molecular weight is 462 g/mol. The monoisotopic (exact) mass is 461 g/mol. The smallest absolute Gasteiger partial charge is 0.251 e. The zero-order valence-electron chi connectivity index (χ0n) is 17.2. The highest BCUT2D eigenvalue weighted by Crippen LogP contribution is 2.32. The normalized spacial score (nSPS) is 11.0. The van der Waals surface area contributed by atoms with E-state index in [0.29, 0.717) is 35.4 Å². The molecule has 1 aromatic carbocycles. The Morgan fingerprint density at radius 3 is 2.45 bits per heavy atom. The molecule has 0 bridgehead atoms. The molecule has 8 nitrogen and oxygen atoms in total. The molecule has 0 aliphatic rings. The minimum atomic E-state index is -0.416. The number of pyridine rings is 1. The van der Waals surface area contributed by atoms with Gasteiger partial charge in [0.25, 0.3) is 5.91 Å². The zero-order valence-corrected chi connectivity index (χ0v) is 18.7. The fraction of sp³-hybridized carbons (Fsp3) is 0.238. The first-order valence-electron chi connectivity index (χ1n) is 9.39. The first-order valence-corrected chi connectivity index (χ1v) is 10.1. The van der Waals surface area contributed by atoms with Gasteiger partial charge in [0.15, 0.2) is 11.6 Å². The second-order valence-electron chi connectivity index (χ2n) is 7.17. The molecule has 10 heteroatoms. The van der Waals surface area contributed by atoms with Crippen LogP contribution in [0.4, 0.5) is 5.82 Å². The molecule has 3 N–H and O–H groups in total. The van der Waals surface area contributed by atoms with Crippen molar-refractivity contribution in [2.75, 3.05) is 32.5 Å². The number of likely N-dealkylation sites (N-methyl/N-ethyl adjacent to an activating group) is 1. The largest absolute Gasteiger partial charge is 0.357 e. The van der Waals surface area contributed by atoms with Crippen molar-refractivity contribution < 1.29 is 14.4 Å². The van der Waals surface area contributed by atoms with Crippen molar-refractivity contribution in [2.45, 2.75) is 6.92 Å². The van der Waals surface area contributed by atoms with Gasteiger partial charge in [-0.05, 0) is 32.3 Å². The molecular formula is C21H21Cl2N5O3. The molecule has 2 heterocycles. The summed E-state index contributed by atoms with van der Waals surface area (Å²) in [6.45, 7) is 2.51. The maximum absolute atomic E-state index is 13.2. The maximum Gasteiger partial charge on any atom is 0.251 e. The van der Waals surface area contributed by atoms with Crippen molar-refractivity contribution in [1.29, 1.82) is 0 Å². The Kier molecular flexibility index (Phi) is 6.94. The molecule has 0 saturated heterocycles. The number of carbonyl (C=O) groups excluding carboxylic acids is 3. The lowest BCUT2D eigenvalue weighted by Gasteiger charge is -2.12. The van der Waals surface area contributed by atoms with Crippen LogP contribution in [0.3, 0.4) is 0 Å². The van der Waals surface area contributed by atoms with E-state index in [1.54, 1.807) is 6.07 Å². The highest BCUT2D eigenvalue weighted by atomic mass is 35.5. The molecule has 162 valence electrons. The quantitative estimate of drug-likeness (QED) is 0.467. The molecule has 0 unspecified atom stereocenters. The molecule has 0 spiro atoms. The highest BCUT2D eigenvalue weighted by molar-refractivity contribution is 6.42. The molecule has 3 aromatic rings. The number of H-pyrrole nitrogens is 1. The van der Waals surface area contributed by atoms with Gasteiger partial charge in [-0.1, -0.05) is 23.2 Å². The summed E-state index contributed by atoms with van der Waals surface area (Å²) in [6.07, 6.45) is 3.00. The predicted molar refractivity (Wildman–Crippen MR) is 121 cm³/mol. The van der Waals surface area contributed by atoms with Gasteiger partial charge in [-0.25, -0.2) is 4.98 Å². The fourth-order valence-corrected chi connectivity index (χ4v) is 3.71. The van der Waals surface area contributed by atoms with E-state index in [4.69, 9.17) is 23.2 Å². The second kappa shape index (κ2) is 9.47. The first-order chi connectivity index (χ1) is 14.7. The lowest BCUT2D eigenvalue weighted by atomic mass is 10.0. The van der Waals surface area contributed by atoms with Crippen LogP contribution in [0.15, 0.2) is 30.6 Å². The predicted octanol–water partition coefficient (Wildman–Crippen LogP) is 3.35. The number of nitrogens with one attached hydrogen (secondary N) is 3. The van der Waals surface area contributed by atoms with Crippen LogP contribution < -0.4 is 10.6 Å². The molecule has 2 aromatic heterocycles. The number of hydrogen-bond acceptors (Lipinski definition) is 5. The van der Waals surface area contributed by atoms with Crippen molar-refractivity contribution >= 4 is 57.5 Å². The van der Waals surface area contributed by atoms with Crippen molar-refractivity contribution in [2.24, 2.45) is 0 Å². The number of rotatable bonds is 7. The Hall–Kier alpha value is -2.94. The van der Waals surface area contributed by atoms with Gasteiger partial charge in [0.05, 0.1) is 21.1 Å². The SMILES string of the molecule is CC(=O)Nc1nccc2c(C(=O)c3c(Cl)cc(C(=O)NCCN(C)C)cc3Cl)c[nH]c12. The van der Waals surface area contributed by atoms with E-state index in [1.807, 2.05) is 19.0 Å². The molecule has 0 aliphatic heterocycles. The number of halogens is 2. The van der Waals surface area contributed by atoms with Crippen molar-refractivity contribution in [3.05, 3.63) is 57.3 Å². The number of nitrogens with zero attached hydrogens (tertiary/aromatic N) is 2. The van der Waals surface area contributed by atoms with E-state index >= 15 is 0 Å². The van der Waals surface area contributed by atoms with Crippen LogP contribution in [0.1, 0.15) is 33.2 Å². The molecule has 0 radical (unpaired) electrons. The Morgan fingerprint density at radius 2 is 1.84 bits per heavy atom. The lowest BCUT2D eigenvalue weighted by molar-refractivity contribution is -0.114. The minimum Gasteiger partial charge on any atom is -0.357 e. The van der Waals surface area contributed by atoms with Crippen molar-refractivity contribution in [3.8, 4) is 0 Å². The second-order valence-corrected chi connectivity index (χ2v) is 7.98. The zero-order chi connectivity index (χ0) is 22.7. The third kappa shape index (κ3) is 5.04. The molecule has 3 rings (SSSR count). The van der Waals surface area contributed by atoms with Crippen LogP contribution in [0.5, 0.6) is 0 Å². The van der Waals surface area contributed by atoms with E-state index in [-0.39, 0.29) is 33.0 Å². The molecule has 0 atom stereocenters. The van der Waals surface area contributed by atoms with Crippen LogP contribution in [0.2, 0.25) is 10.0 Å². The van der Waals surface area contributed by atoms with Crippen molar-refractivity contribution in [1.82, 2.24) is 20.2 Å². The van der Waals surface area contributed by atoms with Gasteiger partial charge in [-0.15, -0.1) is 0 Å². The van der Waals surface area contributed by atoms with Gasteiger partial charge < -0.3 is 20.5 Å². The van der Waals surface area contributed by atoms with Gasteiger partial charge in [-0.3, -0.25) is 14.4 Å². The number of ketones is 1. The summed E-state index contributed by atoms with van der Waals surface area (Å²) in [5.74, 6) is -0.720. The van der Waals surface area contributed by atoms with Gasteiger partial charge in [0.1, 0.15) is 0 Å². The minimum absolute atomic E-state index is 0.0701. The summed E-state index contributed by atoms with van der Waals surface area (Å²) < 4.78 is 0. The molecule has 0 fully saturated rings. The number of benzene rings is 1. The number of fused-ring (bicyclic) bond motifs is 1. The van der Waals surface area contributed by atoms with Crippen LogP contribution in [-0.2, 0) is 4.79 Å². The Balaban J connectivity index is 1.92. The number of amides is 2. The van der Waals surface area contributed by atoms with Crippen LogP contribution in [-0.4, -0.2) is 59.7 Å². The molecule has 2 amide bonds. The number of aromatic amines is 1. The number of aromatic nitrogens is 2. The molecular weight excluding hydrogens is 441 g/mol. The van der Waals surface area contributed by atoms with Gasteiger partial charge in [0.2, 0.25) is 5.91 Å². The summed E-state index contributed by atoms with van der Waals surface area (Å²) >= 11 is 12.7. The Bertz CT molecular complexity index is 1150. The summed E-state index contributed by atoms with van der Waals surface area (Å²) in [5.41, 5.74) is 1.18. The maximum atomic E-state index is 13.2. The fourth-order valence-electron chi connectivity index (χ4n) is 3.05. The lowest BCUT2D eigenvalue weighted by Crippen LogP contribution is -2.31. The van der Waals surface area contributed by atoms with Crippen molar-refractivity contribution in [3.63, 3.8) is 0 Å². The van der Waals surface area contributed by atoms with Crippen LogP contribution >= 0.6 is 23.2 Å². The van der Waals surface area contributed by atoms with E-state index < -0.39 is 5.78 Å². The van der Waals surface area contributed by atoms with Crippen LogP contribution in [0.25, 0.3) is 10.9 Å². The summed E-state index contributed by atoms with van der Waals surface area (Å²) in [7, 11) is 3.81. The van der Waals surface area contributed by atoms with Crippen LogP contribution in [0, 0.1) is 0 Å². The van der Waals surface area contributed by atoms with E-state index in [0.717, 1.165) is 0 Å². The summed E-state index contributed by atoms with van der Waals surface area (Å²) in [4.78, 5) is 46.0. The topological polar surface area (TPSA) is 107 Å². The van der Waals surface area contributed by atoms with E-state index in [2.05, 4.69) is 20.6 Å². The van der Waals surface area contributed by atoms with Gasteiger partial charge in [-0.2, -0.15) is 0 Å². The summed E-state index contributed by atoms with van der Waals surface area (Å²) in [6, 6.07) is 4.49. The third-order valence-corrected chi connectivity index (χ3v) is 5.11. The Morgan fingerprint density at radius 1 is 1.16 bits per heavy atom. The van der Waals surface area contributed by atoms with Gasteiger partial charge in [0, 0.05) is 48.9 Å².